The van der Waals surface area contributed by atoms with E-state index in [0.717, 1.165) is 5.69 Å². The van der Waals surface area contributed by atoms with Crippen molar-refractivity contribution in [3.05, 3.63) is 36.0 Å². The fourth-order valence-electron chi connectivity index (χ4n) is 1.63. The van der Waals surface area contributed by atoms with E-state index in [-0.39, 0.29) is 5.75 Å². The number of aromatic amines is 1. The van der Waals surface area contributed by atoms with Gasteiger partial charge >= 0.3 is 0 Å². The van der Waals surface area contributed by atoms with Crippen molar-refractivity contribution in [2.45, 2.75) is 19.4 Å². The Morgan fingerprint density at radius 1 is 1.39 bits per heavy atom. The molecule has 0 aliphatic carbocycles. The molecule has 0 bridgehead atoms. The van der Waals surface area contributed by atoms with Crippen molar-refractivity contribution in [3.63, 3.8) is 0 Å². The number of benzene rings is 1. The zero-order valence-electron chi connectivity index (χ0n) is 10.6. The molecule has 0 amide bonds. The first kappa shape index (κ1) is 12.6. The Bertz CT molecular complexity index is 558. The predicted molar refractivity (Wildman–Crippen MR) is 67.7 cm³/mol. The number of nitrogens with one attached hydrogen (secondary N) is 1. The van der Waals surface area contributed by atoms with Gasteiger partial charge in [0.05, 0.1) is 24.5 Å². The maximum atomic E-state index is 13.6. The van der Waals surface area contributed by atoms with E-state index in [1.807, 2.05) is 13.8 Å². The molecule has 0 radical (unpaired) electrons. The predicted octanol–water partition coefficient (Wildman–Crippen LogP) is 2.42. The Balaban J connectivity index is 2.38. The number of rotatable bonds is 3. The van der Waals surface area contributed by atoms with Gasteiger partial charge in [-0.3, -0.25) is 0 Å². The molecule has 1 aromatic carbocycles. The number of hydrogen-bond donors (Lipinski definition) is 2. The average molecular weight is 249 g/mol. The third-order valence-corrected chi connectivity index (χ3v) is 2.65. The summed E-state index contributed by atoms with van der Waals surface area (Å²) in [6.45, 7) is 3.70. The smallest absolute Gasteiger partial charge is 0.165 e. The number of aromatic nitrogens is 2. The summed E-state index contributed by atoms with van der Waals surface area (Å²) in [6, 6.07) is 4.75. The maximum absolute atomic E-state index is 13.6. The van der Waals surface area contributed by atoms with Crippen LogP contribution in [0, 0.1) is 5.82 Å². The minimum Gasteiger partial charge on any atom is -0.494 e. The second-order valence-corrected chi connectivity index (χ2v) is 4.72. The molecular formula is C13H16FN3O. The highest BCUT2D eigenvalue weighted by atomic mass is 19.1. The Hall–Kier alpha value is -1.88. The molecule has 0 saturated carbocycles. The monoisotopic (exact) mass is 249 g/mol. The Morgan fingerprint density at radius 2 is 2.11 bits per heavy atom. The highest BCUT2D eigenvalue weighted by molar-refractivity contribution is 5.60. The molecule has 0 aliphatic rings. The number of methoxy groups -OCH3 is 1. The molecule has 0 unspecified atom stereocenters. The first-order chi connectivity index (χ1) is 8.41. The number of halogens is 1. The fraction of sp³-hybridized carbons (Fsp3) is 0.308. The largest absolute Gasteiger partial charge is 0.494 e. The highest BCUT2D eigenvalue weighted by Crippen LogP contribution is 2.25. The summed E-state index contributed by atoms with van der Waals surface area (Å²) in [4.78, 5) is 7.29. The molecule has 18 heavy (non-hydrogen) atoms. The van der Waals surface area contributed by atoms with E-state index in [4.69, 9.17) is 10.5 Å². The quantitative estimate of drug-likeness (QED) is 0.878. The van der Waals surface area contributed by atoms with Crippen LogP contribution >= 0.6 is 0 Å². The first-order valence-corrected chi connectivity index (χ1v) is 5.60. The Labute approximate surface area is 105 Å². The number of ether oxygens (including phenoxy) is 1. The summed E-state index contributed by atoms with van der Waals surface area (Å²) in [5.41, 5.74) is 6.82. The van der Waals surface area contributed by atoms with Gasteiger partial charge in [0.2, 0.25) is 0 Å². The summed E-state index contributed by atoms with van der Waals surface area (Å²) in [6.07, 6.45) is 1.64. The third-order valence-electron chi connectivity index (χ3n) is 2.65. The molecule has 96 valence electrons. The van der Waals surface area contributed by atoms with Gasteiger partial charge in [0.15, 0.2) is 11.6 Å². The second kappa shape index (κ2) is 4.42. The van der Waals surface area contributed by atoms with Crippen LogP contribution in [0.3, 0.4) is 0 Å². The lowest BCUT2D eigenvalue weighted by Gasteiger charge is -2.14. The molecule has 5 heteroatoms. The van der Waals surface area contributed by atoms with Crippen molar-refractivity contribution in [2.75, 3.05) is 7.11 Å². The van der Waals surface area contributed by atoms with Gasteiger partial charge in [0.25, 0.3) is 0 Å². The minimum atomic E-state index is -0.552. The molecule has 0 atom stereocenters. The van der Waals surface area contributed by atoms with Crippen LogP contribution in [0.25, 0.3) is 11.3 Å². The molecule has 2 aromatic rings. The topological polar surface area (TPSA) is 63.9 Å². The molecule has 3 N–H and O–H groups in total. The molecule has 0 saturated heterocycles. The summed E-state index contributed by atoms with van der Waals surface area (Å²) < 4.78 is 18.5. The highest BCUT2D eigenvalue weighted by Gasteiger charge is 2.18. The van der Waals surface area contributed by atoms with E-state index in [1.54, 1.807) is 18.3 Å². The van der Waals surface area contributed by atoms with Gasteiger partial charge in [-0.15, -0.1) is 0 Å². The van der Waals surface area contributed by atoms with Crippen LogP contribution < -0.4 is 10.5 Å². The van der Waals surface area contributed by atoms with E-state index in [0.29, 0.717) is 11.4 Å². The zero-order chi connectivity index (χ0) is 13.3. The fourth-order valence-corrected chi connectivity index (χ4v) is 1.63. The SMILES string of the molecule is COc1ccc(-c2cnc(C(C)(C)N)[nH]2)cc1F. The molecule has 0 fully saturated rings. The Kier molecular flexibility index (Phi) is 3.09. The molecule has 1 heterocycles. The van der Waals surface area contributed by atoms with Crippen LogP contribution in [0.1, 0.15) is 19.7 Å². The van der Waals surface area contributed by atoms with Crippen LogP contribution in [-0.4, -0.2) is 17.1 Å². The molecule has 0 aliphatic heterocycles. The van der Waals surface area contributed by atoms with Crippen LogP contribution in [-0.2, 0) is 5.54 Å². The summed E-state index contributed by atoms with van der Waals surface area (Å²) in [5, 5.41) is 0. The van der Waals surface area contributed by atoms with Crippen LogP contribution in [0.2, 0.25) is 0 Å². The Morgan fingerprint density at radius 3 is 2.61 bits per heavy atom. The van der Waals surface area contributed by atoms with Crippen molar-refractivity contribution in [3.8, 4) is 17.0 Å². The van der Waals surface area contributed by atoms with Gasteiger partial charge in [-0.05, 0) is 32.0 Å². The minimum absolute atomic E-state index is 0.220. The van der Waals surface area contributed by atoms with Gasteiger partial charge in [-0.25, -0.2) is 9.37 Å². The lowest BCUT2D eigenvalue weighted by atomic mass is 10.1. The molecule has 1 aromatic heterocycles. The molecule has 0 spiro atoms. The van der Waals surface area contributed by atoms with E-state index < -0.39 is 11.4 Å². The molecule has 2 rings (SSSR count). The summed E-state index contributed by atoms with van der Waals surface area (Å²) in [7, 11) is 1.43. The van der Waals surface area contributed by atoms with E-state index in [2.05, 4.69) is 9.97 Å². The molecular weight excluding hydrogens is 233 g/mol. The number of imidazole rings is 1. The van der Waals surface area contributed by atoms with Crippen molar-refractivity contribution < 1.29 is 9.13 Å². The van der Waals surface area contributed by atoms with E-state index in [9.17, 15) is 4.39 Å². The number of nitrogens with two attached hydrogens (primary N) is 1. The van der Waals surface area contributed by atoms with E-state index in [1.165, 1.54) is 13.2 Å². The van der Waals surface area contributed by atoms with Gasteiger partial charge in [-0.1, -0.05) is 0 Å². The van der Waals surface area contributed by atoms with Gasteiger partial charge < -0.3 is 15.5 Å². The van der Waals surface area contributed by atoms with Crippen molar-refractivity contribution in [1.29, 1.82) is 0 Å². The van der Waals surface area contributed by atoms with Gasteiger partial charge in [0.1, 0.15) is 5.82 Å². The first-order valence-electron chi connectivity index (χ1n) is 5.60. The van der Waals surface area contributed by atoms with Gasteiger partial charge in [0, 0.05) is 5.56 Å². The normalized spacial score (nSPS) is 11.6. The zero-order valence-corrected chi connectivity index (χ0v) is 10.6. The number of hydrogen-bond acceptors (Lipinski definition) is 3. The van der Waals surface area contributed by atoms with Crippen LogP contribution in [0.5, 0.6) is 5.75 Å². The van der Waals surface area contributed by atoms with Crippen molar-refractivity contribution in [1.82, 2.24) is 9.97 Å². The summed E-state index contributed by atoms with van der Waals surface area (Å²) >= 11 is 0. The van der Waals surface area contributed by atoms with Crippen LogP contribution in [0.15, 0.2) is 24.4 Å². The third kappa shape index (κ3) is 2.36. The number of nitrogens with zero attached hydrogens (tertiary/aromatic N) is 1. The van der Waals surface area contributed by atoms with Crippen molar-refractivity contribution in [2.24, 2.45) is 5.73 Å². The lowest BCUT2D eigenvalue weighted by molar-refractivity contribution is 0.386. The van der Waals surface area contributed by atoms with E-state index >= 15 is 0 Å². The lowest BCUT2D eigenvalue weighted by Crippen LogP contribution is -2.30. The molecule has 4 nitrogen and oxygen atoms in total. The van der Waals surface area contributed by atoms with Gasteiger partial charge in [-0.2, -0.15) is 0 Å². The summed E-state index contributed by atoms with van der Waals surface area (Å²) in [5.74, 6) is 0.476. The number of H-pyrrole nitrogens is 1. The average Bonchev–Trinajstić information content (AvgIpc) is 2.77. The van der Waals surface area contributed by atoms with Crippen molar-refractivity contribution >= 4 is 0 Å². The van der Waals surface area contributed by atoms with Crippen LogP contribution in [0.4, 0.5) is 4.39 Å². The second-order valence-electron chi connectivity index (χ2n) is 4.72. The standard InChI is InChI=1S/C13H16FN3O/c1-13(2,15)12-16-7-10(17-12)8-4-5-11(18-3)9(14)6-8/h4-7H,15H2,1-3H3,(H,16,17). The maximum Gasteiger partial charge on any atom is 0.165 e.